The average molecular weight is 263 g/mol. The fourth-order valence-corrected chi connectivity index (χ4v) is 1.74. The van der Waals surface area contributed by atoms with Crippen LogP contribution in [0.3, 0.4) is 0 Å². The molecule has 1 unspecified atom stereocenters. The van der Waals surface area contributed by atoms with E-state index in [1.807, 2.05) is 45.0 Å². The summed E-state index contributed by atoms with van der Waals surface area (Å²) in [6.45, 7) is 7.13. The van der Waals surface area contributed by atoms with Crippen molar-refractivity contribution in [3.05, 3.63) is 24.3 Å². The first-order valence-corrected chi connectivity index (χ1v) is 6.50. The topological polar surface area (TPSA) is 42.1 Å². The van der Waals surface area contributed by atoms with Crippen LogP contribution in [0, 0.1) is 5.41 Å². The van der Waals surface area contributed by atoms with Crippen molar-refractivity contribution < 1.29 is 14.3 Å². The van der Waals surface area contributed by atoms with Gasteiger partial charge in [0.15, 0.2) is 0 Å². The van der Waals surface area contributed by atoms with Crippen LogP contribution in [-0.2, 0) is 9.53 Å². The van der Waals surface area contributed by atoms with Crippen molar-refractivity contribution in [1.29, 1.82) is 0 Å². The second kappa shape index (κ2) is 5.21. The van der Waals surface area contributed by atoms with Gasteiger partial charge in [0, 0.05) is 18.2 Å². The van der Waals surface area contributed by atoms with Gasteiger partial charge in [-0.3, -0.25) is 4.79 Å². The summed E-state index contributed by atoms with van der Waals surface area (Å²) in [5, 5.41) is 0. The Morgan fingerprint density at radius 3 is 2.42 bits per heavy atom. The molecular weight excluding hydrogens is 242 g/mol. The van der Waals surface area contributed by atoms with E-state index in [0.29, 0.717) is 6.61 Å². The number of anilines is 1. The number of hydrogen-bond acceptors (Lipinski definition) is 3. The molecule has 4 heteroatoms. The summed E-state index contributed by atoms with van der Waals surface area (Å²) in [5.41, 5.74) is 0.489. The number of benzene rings is 1. The van der Waals surface area contributed by atoms with Crippen LogP contribution in [0.1, 0.15) is 20.8 Å². The Hall–Kier alpha value is -1.55. The fourth-order valence-electron chi connectivity index (χ4n) is 1.74. The van der Waals surface area contributed by atoms with E-state index in [0.717, 1.165) is 18.0 Å². The van der Waals surface area contributed by atoms with Gasteiger partial charge >= 0.3 is 0 Å². The lowest BCUT2D eigenvalue weighted by Gasteiger charge is -2.26. The Morgan fingerprint density at radius 1 is 1.37 bits per heavy atom. The van der Waals surface area contributed by atoms with Gasteiger partial charge in [0.05, 0.1) is 6.61 Å². The highest BCUT2D eigenvalue weighted by atomic mass is 16.6. The third-order valence-electron chi connectivity index (χ3n) is 3.01. The van der Waals surface area contributed by atoms with Crippen LogP contribution in [0.4, 0.5) is 5.69 Å². The molecule has 0 aliphatic carbocycles. The van der Waals surface area contributed by atoms with Gasteiger partial charge in [0.2, 0.25) is 5.91 Å². The van der Waals surface area contributed by atoms with Gasteiger partial charge in [0.1, 0.15) is 18.5 Å². The molecule has 2 rings (SSSR count). The summed E-state index contributed by atoms with van der Waals surface area (Å²) in [6, 6.07) is 7.55. The van der Waals surface area contributed by atoms with Crippen molar-refractivity contribution in [2.45, 2.75) is 26.9 Å². The Kier molecular flexibility index (Phi) is 3.80. The molecule has 1 atom stereocenters. The molecule has 0 bridgehead atoms. The summed E-state index contributed by atoms with van der Waals surface area (Å²) in [7, 11) is 1.79. The molecule has 0 saturated carbocycles. The number of ether oxygens (including phenoxy) is 2. The molecule has 1 fully saturated rings. The lowest BCUT2D eigenvalue weighted by atomic mass is 9.95. The van der Waals surface area contributed by atoms with E-state index in [4.69, 9.17) is 9.47 Å². The smallest absolute Gasteiger partial charge is 0.232 e. The van der Waals surface area contributed by atoms with Crippen LogP contribution in [0.25, 0.3) is 0 Å². The number of hydrogen-bond donors (Lipinski definition) is 0. The minimum atomic E-state index is -0.382. The highest BCUT2D eigenvalue weighted by molar-refractivity contribution is 5.96. The van der Waals surface area contributed by atoms with E-state index in [9.17, 15) is 4.79 Å². The van der Waals surface area contributed by atoms with Crippen LogP contribution in [-0.4, -0.2) is 32.3 Å². The molecule has 0 N–H and O–H groups in total. The molecule has 1 aromatic carbocycles. The molecule has 0 radical (unpaired) electrons. The standard InChI is InChI=1S/C15H21NO3/c1-15(2,3)14(17)16(4)11-5-7-12(8-6-11)18-9-13-10-19-13/h5-8,13H,9-10H2,1-4H3. The van der Waals surface area contributed by atoms with Gasteiger partial charge < -0.3 is 14.4 Å². The normalized spacial score (nSPS) is 18.0. The highest BCUT2D eigenvalue weighted by Crippen LogP contribution is 2.24. The van der Waals surface area contributed by atoms with Crippen LogP contribution >= 0.6 is 0 Å². The predicted molar refractivity (Wildman–Crippen MR) is 74.5 cm³/mol. The van der Waals surface area contributed by atoms with Crippen LogP contribution < -0.4 is 9.64 Å². The van der Waals surface area contributed by atoms with Crippen molar-refractivity contribution in [2.75, 3.05) is 25.2 Å². The first-order valence-electron chi connectivity index (χ1n) is 6.50. The van der Waals surface area contributed by atoms with E-state index in [1.165, 1.54) is 0 Å². The third kappa shape index (κ3) is 3.70. The van der Waals surface area contributed by atoms with Crippen LogP contribution in [0.15, 0.2) is 24.3 Å². The highest BCUT2D eigenvalue weighted by Gasteiger charge is 2.26. The Bertz CT molecular complexity index is 443. The minimum Gasteiger partial charge on any atom is -0.491 e. The molecule has 1 saturated heterocycles. The maximum Gasteiger partial charge on any atom is 0.232 e. The Labute approximate surface area is 114 Å². The predicted octanol–water partition coefficient (Wildman–Crippen LogP) is 2.47. The Morgan fingerprint density at radius 2 is 1.95 bits per heavy atom. The number of nitrogens with zero attached hydrogens (tertiary/aromatic N) is 1. The third-order valence-corrected chi connectivity index (χ3v) is 3.01. The monoisotopic (exact) mass is 263 g/mol. The molecule has 0 spiro atoms. The van der Waals surface area contributed by atoms with Crippen molar-refractivity contribution >= 4 is 11.6 Å². The second-order valence-electron chi connectivity index (χ2n) is 5.87. The maximum absolute atomic E-state index is 12.2. The Balaban J connectivity index is 1.98. The summed E-state index contributed by atoms with van der Waals surface area (Å²) < 4.78 is 10.6. The number of carbonyl (C=O) groups excluding carboxylic acids is 1. The molecule has 104 valence electrons. The maximum atomic E-state index is 12.2. The van der Waals surface area contributed by atoms with Crippen molar-refractivity contribution in [2.24, 2.45) is 5.41 Å². The van der Waals surface area contributed by atoms with Gasteiger partial charge in [-0.2, -0.15) is 0 Å². The summed E-state index contributed by atoms with van der Waals surface area (Å²) in [5.74, 6) is 0.892. The van der Waals surface area contributed by atoms with Gasteiger partial charge in [-0.15, -0.1) is 0 Å². The summed E-state index contributed by atoms with van der Waals surface area (Å²) in [4.78, 5) is 13.8. The van der Waals surface area contributed by atoms with Crippen LogP contribution in [0.2, 0.25) is 0 Å². The lowest BCUT2D eigenvalue weighted by Crippen LogP contribution is -2.36. The largest absolute Gasteiger partial charge is 0.491 e. The van der Waals surface area contributed by atoms with Gasteiger partial charge in [-0.05, 0) is 24.3 Å². The number of amides is 1. The number of carbonyl (C=O) groups is 1. The first kappa shape index (κ1) is 13.9. The summed E-state index contributed by atoms with van der Waals surface area (Å²) in [6.07, 6.45) is 0.254. The summed E-state index contributed by atoms with van der Waals surface area (Å²) >= 11 is 0. The quantitative estimate of drug-likeness (QED) is 0.784. The SMILES string of the molecule is CN(C(=O)C(C)(C)C)c1ccc(OCC2CO2)cc1. The molecule has 1 aromatic rings. The van der Waals surface area contributed by atoms with Crippen LogP contribution in [0.5, 0.6) is 5.75 Å². The molecule has 1 heterocycles. The zero-order valence-electron chi connectivity index (χ0n) is 12.0. The molecule has 1 amide bonds. The van der Waals surface area contributed by atoms with Crippen molar-refractivity contribution in [3.63, 3.8) is 0 Å². The zero-order valence-corrected chi connectivity index (χ0v) is 12.0. The zero-order chi connectivity index (χ0) is 14.0. The van der Waals surface area contributed by atoms with Crippen molar-refractivity contribution in [3.8, 4) is 5.75 Å². The van der Waals surface area contributed by atoms with E-state index in [1.54, 1.807) is 11.9 Å². The minimum absolute atomic E-state index is 0.0903. The molecule has 4 nitrogen and oxygen atoms in total. The van der Waals surface area contributed by atoms with Gasteiger partial charge in [-0.1, -0.05) is 20.8 Å². The molecule has 19 heavy (non-hydrogen) atoms. The number of rotatable bonds is 4. The second-order valence-corrected chi connectivity index (χ2v) is 5.87. The number of epoxide rings is 1. The molecular formula is C15H21NO3. The van der Waals surface area contributed by atoms with E-state index < -0.39 is 0 Å². The molecule has 0 aromatic heterocycles. The molecule has 1 aliphatic rings. The van der Waals surface area contributed by atoms with E-state index in [2.05, 4.69) is 0 Å². The van der Waals surface area contributed by atoms with Gasteiger partial charge in [0.25, 0.3) is 0 Å². The molecule has 1 aliphatic heterocycles. The van der Waals surface area contributed by atoms with Gasteiger partial charge in [-0.25, -0.2) is 0 Å². The fraction of sp³-hybridized carbons (Fsp3) is 0.533. The average Bonchev–Trinajstić information content (AvgIpc) is 3.18. The van der Waals surface area contributed by atoms with E-state index >= 15 is 0 Å². The van der Waals surface area contributed by atoms with E-state index in [-0.39, 0.29) is 17.4 Å². The lowest BCUT2D eigenvalue weighted by molar-refractivity contribution is -0.125. The first-order chi connectivity index (χ1) is 8.88. The van der Waals surface area contributed by atoms with Crippen molar-refractivity contribution in [1.82, 2.24) is 0 Å².